The molecule has 5 heteroatoms. The molecule has 0 bridgehead atoms. The van der Waals surface area contributed by atoms with Gasteiger partial charge in [-0.15, -0.1) is 0 Å². The molecule has 0 atom stereocenters. The van der Waals surface area contributed by atoms with Crippen LogP contribution in [-0.2, 0) is 0 Å². The fourth-order valence-corrected chi connectivity index (χ4v) is 2.65. The van der Waals surface area contributed by atoms with E-state index in [2.05, 4.69) is 22.2 Å². The van der Waals surface area contributed by atoms with Gasteiger partial charge in [-0.05, 0) is 31.6 Å². The zero-order valence-corrected chi connectivity index (χ0v) is 10.6. The molecule has 1 saturated carbocycles. The number of nitrogen functional groups attached to an aromatic ring is 1. The van der Waals surface area contributed by atoms with Crippen molar-refractivity contribution in [3.63, 3.8) is 0 Å². The first-order valence-electron chi connectivity index (χ1n) is 6.58. The lowest BCUT2D eigenvalue weighted by molar-refractivity contribution is 0.361. The Kier molecular flexibility index (Phi) is 2.81. The highest BCUT2D eigenvalue weighted by molar-refractivity contribution is 5.65. The summed E-state index contributed by atoms with van der Waals surface area (Å²) in [7, 11) is 0. The van der Waals surface area contributed by atoms with E-state index in [0.29, 0.717) is 11.9 Å². The summed E-state index contributed by atoms with van der Waals surface area (Å²) in [4.78, 5) is 8.69. The van der Waals surface area contributed by atoms with E-state index in [-0.39, 0.29) is 0 Å². The van der Waals surface area contributed by atoms with Crippen LogP contribution in [-0.4, -0.2) is 20.4 Å². The van der Waals surface area contributed by atoms with Gasteiger partial charge in [-0.3, -0.25) is 0 Å². The summed E-state index contributed by atoms with van der Waals surface area (Å²) in [5.74, 6) is 2.18. The van der Waals surface area contributed by atoms with Crippen molar-refractivity contribution in [1.29, 1.82) is 0 Å². The largest absolute Gasteiger partial charge is 0.382 e. The summed E-state index contributed by atoms with van der Waals surface area (Å²) in [5.41, 5.74) is 6.66. The molecule has 96 valence electrons. The fraction of sp³-hybridized carbons (Fsp3) is 0.538. The van der Waals surface area contributed by atoms with Gasteiger partial charge < -0.3 is 15.5 Å². The first-order valence-corrected chi connectivity index (χ1v) is 6.58. The standard InChI is InChI=1S/C13H19N5/c1-9-2-4-10(5-3-9)16-12-13-15-6-7-18(13)8-11(14)17-12/h6-10H,2-5,14H2,1H3,(H,16,17). The van der Waals surface area contributed by atoms with E-state index in [4.69, 9.17) is 5.73 Å². The minimum atomic E-state index is 0.496. The number of hydrogen-bond donors (Lipinski definition) is 2. The van der Waals surface area contributed by atoms with E-state index in [1.807, 2.05) is 10.6 Å². The molecule has 0 aromatic carbocycles. The van der Waals surface area contributed by atoms with E-state index in [9.17, 15) is 0 Å². The van der Waals surface area contributed by atoms with Gasteiger partial charge in [0.05, 0.1) is 6.20 Å². The summed E-state index contributed by atoms with van der Waals surface area (Å²) in [6, 6.07) is 0.496. The SMILES string of the molecule is CC1CCC(Nc2nc(N)cn3ccnc23)CC1. The summed E-state index contributed by atoms with van der Waals surface area (Å²) >= 11 is 0. The average Bonchev–Trinajstić information content (AvgIpc) is 2.80. The topological polar surface area (TPSA) is 68.2 Å². The van der Waals surface area contributed by atoms with Crippen molar-refractivity contribution in [2.75, 3.05) is 11.1 Å². The van der Waals surface area contributed by atoms with Gasteiger partial charge in [0.1, 0.15) is 5.82 Å². The number of nitrogens with zero attached hydrogens (tertiary/aromatic N) is 3. The fourth-order valence-electron chi connectivity index (χ4n) is 2.65. The third-order valence-electron chi connectivity index (χ3n) is 3.75. The zero-order valence-electron chi connectivity index (χ0n) is 10.6. The van der Waals surface area contributed by atoms with Crippen LogP contribution in [0.25, 0.3) is 5.65 Å². The third kappa shape index (κ3) is 2.12. The predicted octanol–water partition coefficient (Wildman–Crippen LogP) is 2.30. The van der Waals surface area contributed by atoms with Gasteiger partial charge in [0.2, 0.25) is 0 Å². The van der Waals surface area contributed by atoms with Crippen molar-refractivity contribution in [2.24, 2.45) is 5.92 Å². The second-order valence-corrected chi connectivity index (χ2v) is 5.27. The Morgan fingerprint density at radius 2 is 2.11 bits per heavy atom. The Bertz CT molecular complexity index is 539. The van der Waals surface area contributed by atoms with Gasteiger partial charge in [-0.25, -0.2) is 9.97 Å². The van der Waals surface area contributed by atoms with E-state index in [1.165, 1.54) is 25.7 Å². The molecule has 0 radical (unpaired) electrons. The van der Waals surface area contributed by atoms with Gasteiger partial charge in [0, 0.05) is 18.4 Å². The van der Waals surface area contributed by atoms with E-state index < -0.39 is 0 Å². The van der Waals surface area contributed by atoms with Crippen LogP contribution in [0.3, 0.4) is 0 Å². The van der Waals surface area contributed by atoms with Crippen LogP contribution in [0.1, 0.15) is 32.6 Å². The Morgan fingerprint density at radius 3 is 2.89 bits per heavy atom. The summed E-state index contributed by atoms with van der Waals surface area (Å²) in [6.07, 6.45) is 10.4. The molecule has 0 aliphatic heterocycles. The highest BCUT2D eigenvalue weighted by Crippen LogP contribution is 2.26. The van der Waals surface area contributed by atoms with Crippen molar-refractivity contribution in [2.45, 2.75) is 38.6 Å². The van der Waals surface area contributed by atoms with Crippen LogP contribution in [0.4, 0.5) is 11.6 Å². The third-order valence-corrected chi connectivity index (χ3v) is 3.75. The lowest BCUT2D eigenvalue weighted by Crippen LogP contribution is -2.26. The summed E-state index contributed by atoms with van der Waals surface area (Å²) in [5, 5.41) is 3.50. The van der Waals surface area contributed by atoms with Crippen molar-refractivity contribution in [1.82, 2.24) is 14.4 Å². The molecule has 2 heterocycles. The number of nitrogens with two attached hydrogens (primary N) is 1. The number of hydrogen-bond acceptors (Lipinski definition) is 4. The Labute approximate surface area is 106 Å². The highest BCUT2D eigenvalue weighted by Gasteiger charge is 2.19. The smallest absolute Gasteiger partial charge is 0.180 e. The number of rotatable bonds is 2. The number of nitrogens with one attached hydrogen (secondary N) is 1. The van der Waals surface area contributed by atoms with E-state index in [1.54, 1.807) is 12.4 Å². The molecule has 5 nitrogen and oxygen atoms in total. The zero-order chi connectivity index (χ0) is 12.5. The van der Waals surface area contributed by atoms with Gasteiger partial charge in [-0.1, -0.05) is 6.92 Å². The summed E-state index contributed by atoms with van der Waals surface area (Å²) in [6.45, 7) is 2.32. The molecule has 2 aromatic rings. The molecule has 18 heavy (non-hydrogen) atoms. The average molecular weight is 245 g/mol. The van der Waals surface area contributed by atoms with Gasteiger partial charge in [0.15, 0.2) is 11.5 Å². The molecule has 3 rings (SSSR count). The quantitative estimate of drug-likeness (QED) is 0.852. The van der Waals surface area contributed by atoms with Crippen LogP contribution < -0.4 is 11.1 Å². The molecule has 1 fully saturated rings. The van der Waals surface area contributed by atoms with Crippen LogP contribution in [0.5, 0.6) is 0 Å². The second-order valence-electron chi connectivity index (χ2n) is 5.27. The lowest BCUT2D eigenvalue weighted by Gasteiger charge is -2.27. The van der Waals surface area contributed by atoms with Gasteiger partial charge in [-0.2, -0.15) is 0 Å². The van der Waals surface area contributed by atoms with Crippen molar-refractivity contribution < 1.29 is 0 Å². The normalized spacial score (nSPS) is 24.3. The van der Waals surface area contributed by atoms with Crippen LogP contribution in [0.2, 0.25) is 0 Å². The first kappa shape index (κ1) is 11.3. The number of imidazole rings is 1. The van der Waals surface area contributed by atoms with Crippen molar-refractivity contribution in [3.8, 4) is 0 Å². The number of fused-ring (bicyclic) bond motifs is 1. The van der Waals surface area contributed by atoms with E-state index >= 15 is 0 Å². The molecular weight excluding hydrogens is 226 g/mol. The van der Waals surface area contributed by atoms with Crippen molar-refractivity contribution >= 4 is 17.3 Å². The molecule has 0 amide bonds. The van der Waals surface area contributed by atoms with Crippen LogP contribution >= 0.6 is 0 Å². The molecule has 1 aliphatic carbocycles. The van der Waals surface area contributed by atoms with Gasteiger partial charge in [0.25, 0.3) is 0 Å². The molecule has 0 unspecified atom stereocenters. The Balaban J connectivity index is 1.83. The molecule has 2 aromatic heterocycles. The minimum absolute atomic E-state index is 0.496. The molecule has 3 N–H and O–H groups in total. The maximum Gasteiger partial charge on any atom is 0.180 e. The van der Waals surface area contributed by atoms with Gasteiger partial charge >= 0.3 is 0 Å². The minimum Gasteiger partial charge on any atom is -0.382 e. The number of aromatic nitrogens is 3. The summed E-state index contributed by atoms with van der Waals surface area (Å²) < 4.78 is 1.91. The first-order chi connectivity index (χ1) is 8.72. The monoisotopic (exact) mass is 245 g/mol. The molecule has 0 saturated heterocycles. The predicted molar refractivity (Wildman–Crippen MR) is 72.4 cm³/mol. The van der Waals surface area contributed by atoms with E-state index in [0.717, 1.165) is 17.4 Å². The Morgan fingerprint density at radius 1 is 1.33 bits per heavy atom. The molecule has 1 aliphatic rings. The maximum absolute atomic E-state index is 5.81. The second kappa shape index (κ2) is 4.48. The number of anilines is 2. The highest BCUT2D eigenvalue weighted by atomic mass is 15.1. The maximum atomic E-state index is 5.81. The lowest BCUT2D eigenvalue weighted by atomic mass is 9.87. The Hall–Kier alpha value is -1.78. The van der Waals surface area contributed by atoms with Crippen LogP contribution in [0.15, 0.2) is 18.6 Å². The molecule has 0 spiro atoms. The molecular formula is C13H19N5. The van der Waals surface area contributed by atoms with Crippen molar-refractivity contribution in [3.05, 3.63) is 18.6 Å². The van der Waals surface area contributed by atoms with Crippen LogP contribution in [0, 0.1) is 5.92 Å².